The number of aromatic nitrogens is 1. The van der Waals surface area contributed by atoms with Crippen LogP contribution in [0.2, 0.25) is 0 Å². The quantitative estimate of drug-likeness (QED) is 0.881. The number of ether oxygens (including phenoxy) is 1. The van der Waals surface area contributed by atoms with Crippen molar-refractivity contribution in [2.75, 3.05) is 25.1 Å². The van der Waals surface area contributed by atoms with Gasteiger partial charge in [-0.3, -0.25) is 0 Å². The fourth-order valence-electron chi connectivity index (χ4n) is 3.04. The van der Waals surface area contributed by atoms with E-state index in [1.165, 1.54) is 11.1 Å². The van der Waals surface area contributed by atoms with E-state index >= 15 is 0 Å². The number of hydrogen-bond acceptors (Lipinski definition) is 3. The lowest BCUT2D eigenvalue weighted by molar-refractivity contribution is 0.0543. The number of hydrogen-bond donors (Lipinski definition) is 1. The van der Waals surface area contributed by atoms with E-state index in [1.54, 1.807) is 0 Å². The molecule has 0 radical (unpaired) electrons. The normalized spacial score (nSPS) is 17.2. The molecule has 1 aliphatic heterocycles. The van der Waals surface area contributed by atoms with Gasteiger partial charge in [-0.25, -0.2) is 4.98 Å². The topological polar surface area (TPSA) is 34.2 Å². The van der Waals surface area contributed by atoms with Gasteiger partial charge in [0.25, 0.3) is 0 Å². The third-order valence-electron chi connectivity index (χ3n) is 4.41. The molecule has 3 nitrogen and oxygen atoms in total. The summed E-state index contributed by atoms with van der Waals surface area (Å²) in [4.78, 5) is 4.41. The lowest BCUT2D eigenvalue weighted by atomic mass is 9.74. The van der Waals surface area contributed by atoms with Gasteiger partial charge in [0.1, 0.15) is 5.82 Å². The molecule has 22 heavy (non-hydrogen) atoms. The predicted molar refractivity (Wildman–Crippen MR) is 93.3 cm³/mol. The largest absolute Gasteiger partial charge is 0.381 e. The molecule has 0 spiro atoms. The van der Waals surface area contributed by atoms with Crippen LogP contribution in [0.5, 0.6) is 0 Å². The molecule has 0 aliphatic carbocycles. The number of nitrogens with one attached hydrogen (secondary N) is 1. The Kier molecular flexibility index (Phi) is 4.79. The Labute approximate surface area is 140 Å². The minimum absolute atomic E-state index is 0.105. The van der Waals surface area contributed by atoms with E-state index in [1.807, 2.05) is 12.3 Å². The highest BCUT2D eigenvalue weighted by molar-refractivity contribution is 9.10. The Morgan fingerprint density at radius 1 is 1.23 bits per heavy atom. The molecule has 1 saturated heterocycles. The maximum atomic E-state index is 5.59. The number of pyridine rings is 1. The van der Waals surface area contributed by atoms with Crippen LogP contribution >= 0.6 is 15.9 Å². The number of anilines is 1. The Morgan fingerprint density at radius 3 is 2.77 bits per heavy atom. The summed E-state index contributed by atoms with van der Waals surface area (Å²) in [5.41, 5.74) is 2.69. The Bertz CT molecular complexity index is 638. The van der Waals surface area contributed by atoms with E-state index in [-0.39, 0.29) is 5.41 Å². The van der Waals surface area contributed by atoms with Crippen LogP contribution in [-0.2, 0) is 10.2 Å². The zero-order chi connectivity index (χ0) is 15.4. The molecule has 0 atom stereocenters. The summed E-state index contributed by atoms with van der Waals surface area (Å²) in [5.74, 6) is 0.945. The van der Waals surface area contributed by atoms with E-state index in [4.69, 9.17) is 4.74 Å². The van der Waals surface area contributed by atoms with Crippen molar-refractivity contribution in [2.24, 2.45) is 0 Å². The molecule has 116 valence electrons. The summed E-state index contributed by atoms with van der Waals surface area (Å²) in [6.45, 7) is 4.60. The Balaban J connectivity index is 1.83. The van der Waals surface area contributed by atoms with Gasteiger partial charge in [-0.05, 0) is 55.2 Å². The van der Waals surface area contributed by atoms with Crippen molar-refractivity contribution in [2.45, 2.75) is 25.2 Å². The highest BCUT2D eigenvalue weighted by Gasteiger charge is 2.34. The second-order valence-electron chi connectivity index (χ2n) is 5.98. The highest BCUT2D eigenvalue weighted by Crippen LogP contribution is 2.36. The Hall–Kier alpha value is -1.39. The van der Waals surface area contributed by atoms with E-state index in [0.717, 1.165) is 42.9 Å². The number of aryl methyl sites for hydroxylation is 1. The minimum atomic E-state index is 0.105. The number of halogens is 1. The summed E-state index contributed by atoms with van der Waals surface area (Å²) < 4.78 is 6.72. The zero-order valence-electron chi connectivity index (χ0n) is 12.8. The molecule has 1 aromatic heterocycles. The molecule has 2 aromatic rings. The van der Waals surface area contributed by atoms with Gasteiger partial charge in [0.15, 0.2) is 0 Å². The summed E-state index contributed by atoms with van der Waals surface area (Å²) >= 11 is 3.59. The molecule has 0 unspecified atom stereocenters. The van der Waals surface area contributed by atoms with Crippen molar-refractivity contribution in [1.82, 2.24) is 4.98 Å². The lowest BCUT2D eigenvalue weighted by Crippen LogP contribution is -2.40. The molecular weight excluding hydrogens is 340 g/mol. The van der Waals surface area contributed by atoms with Crippen molar-refractivity contribution in [3.05, 3.63) is 58.2 Å². The fourth-order valence-corrected chi connectivity index (χ4v) is 3.44. The SMILES string of the molecule is Cc1ccnc(NCC2(c3cccc(Br)c3)CCOCC2)c1. The second kappa shape index (κ2) is 6.80. The molecule has 1 aliphatic rings. The second-order valence-corrected chi connectivity index (χ2v) is 6.89. The van der Waals surface area contributed by atoms with Gasteiger partial charge in [0.2, 0.25) is 0 Å². The number of benzene rings is 1. The van der Waals surface area contributed by atoms with Crippen molar-refractivity contribution in [3.8, 4) is 0 Å². The molecule has 0 amide bonds. The summed E-state index contributed by atoms with van der Waals surface area (Å²) in [6, 6.07) is 12.8. The number of rotatable bonds is 4. The molecule has 1 N–H and O–H groups in total. The van der Waals surface area contributed by atoms with Crippen LogP contribution in [0.3, 0.4) is 0 Å². The maximum absolute atomic E-state index is 5.59. The van der Waals surface area contributed by atoms with Crippen molar-refractivity contribution in [3.63, 3.8) is 0 Å². The van der Waals surface area contributed by atoms with E-state index in [9.17, 15) is 0 Å². The first-order chi connectivity index (χ1) is 10.7. The standard InChI is InChI=1S/C18H21BrN2O/c1-14-5-8-20-17(11-14)21-13-18(6-9-22-10-7-18)15-3-2-4-16(19)12-15/h2-5,8,11-12H,6-7,9-10,13H2,1H3,(H,20,21). The van der Waals surface area contributed by atoms with Gasteiger partial charge in [-0.1, -0.05) is 28.1 Å². The maximum Gasteiger partial charge on any atom is 0.126 e. The minimum Gasteiger partial charge on any atom is -0.381 e. The van der Waals surface area contributed by atoms with Gasteiger partial charge in [-0.2, -0.15) is 0 Å². The highest BCUT2D eigenvalue weighted by atomic mass is 79.9. The summed E-state index contributed by atoms with van der Waals surface area (Å²) in [6.07, 6.45) is 3.91. The van der Waals surface area contributed by atoms with Crippen LogP contribution in [0.25, 0.3) is 0 Å². The van der Waals surface area contributed by atoms with Crippen LogP contribution in [0, 0.1) is 6.92 Å². The smallest absolute Gasteiger partial charge is 0.126 e. The third-order valence-corrected chi connectivity index (χ3v) is 4.90. The third kappa shape index (κ3) is 3.50. The van der Waals surface area contributed by atoms with Gasteiger partial charge >= 0.3 is 0 Å². The molecule has 3 rings (SSSR count). The first-order valence-corrected chi connectivity index (χ1v) is 8.48. The van der Waals surface area contributed by atoms with Crippen molar-refractivity contribution in [1.29, 1.82) is 0 Å². The van der Waals surface area contributed by atoms with Crippen LogP contribution in [-0.4, -0.2) is 24.7 Å². The fraction of sp³-hybridized carbons (Fsp3) is 0.389. The predicted octanol–water partition coefficient (Wildman–Crippen LogP) is 4.31. The van der Waals surface area contributed by atoms with Crippen LogP contribution < -0.4 is 5.32 Å². The van der Waals surface area contributed by atoms with E-state index < -0.39 is 0 Å². The average Bonchev–Trinajstić information content (AvgIpc) is 2.54. The lowest BCUT2D eigenvalue weighted by Gasteiger charge is -2.38. The van der Waals surface area contributed by atoms with E-state index in [0.29, 0.717) is 0 Å². The van der Waals surface area contributed by atoms with Gasteiger partial charge in [0, 0.05) is 35.8 Å². The van der Waals surface area contributed by atoms with E-state index in [2.05, 4.69) is 63.5 Å². The van der Waals surface area contributed by atoms with Crippen LogP contribution in [0.4, 0.5) is 5.82 Å². The number of nitrogens with zero attached hydrogens (tertiary/aromatic N) is 1. The first kappa shape index (κ1) is 15.5. The molecule has 0 bridgehead atoms. The van der Waals surface area contributed by atoms with Crippen molar-refractivity contribution < 1.29 is 4.74 Å². The first-order valence-electron chi connectivity index (χ1n) is 7.68. The van der Waals surface area contributed by atoms with Crippen LogP contribution in [0.1, 0.15) is 24.0 Å². The van der Waals surface area contributed by atoms with Crippen LogP contribution in [0.15, 0.2) is 47.1 Å². The Morgan fingerprint density at radius 2 is 2.05 bits per heavy atom. The molecule has 4 heteroatoms. The monoisotopic (exact) mass is 360 g/mol. The average molecular weight is 361 g/mol. The van der Waals surface area contributed by atoms with Gasteiger partial charge < -0.3 is 10.1 Å². The molecule has 1 aromatic carbocycles. The molecular formula is C18H21BrN2O. The zero-order valence-corrected chi connectivity index (χ0v) is 14.4. The van der Waals surface area contributed by atoms with Crippen molar-refractivity contribution >= 4 is 21.7 Å². The van der Waals surface area contributed by atoms with Gasteiger partial charge in [0.05, 0.1) is 0 Å². The summed E-state index contributed by atoms with van der Waals surface area (Å²) in [5, 5.41) is 3.53. The molecule has 2 heterocycles. The summed E-state index contributed by atoms with van der Waals surface area (Å²) in [7, 11) is 0. The molecule has 1 fully saturated rings. The van der Waals surface area contributed by atoms with Gasteiger partial charge in [-0.15, -0.1) is 0 Å². The molecule has 0 saturated carbocycles.